The van der Waals surface area contributed by atoms with Crippen molar-refractivity contribution in [2.45, 2.75) is 6.92 Å². The highest BCUT2D eigenvalue weighted by atomic mass is 32.1. The second kappa shape index (κ2) is 7.06. The fourth-order valence-electron chi connectivity index (χ4n) is 1.49. The summed E-state index contributed by atoms with van der Waals surface area (Å²) in [6.45, 7) is 2.23. The molecule has 0 saturated heterocycles. The molecule has 0 heterocycles. The van der Waals surface area contributed by atoms with E-state index in [4.69, 9.17) is 18.0 Å². The topological polar surface area (TPSA) is 61.6 Å². The molecule has 0 bridgehead atoms. The highest BCUT2D eigenvalue weighted by molar-refractivity contribution is 7.80. The summed E-state index contributed by atoms with van der Waals surface area (Å²) in [5, 5.41) is 7.30. The summed E-state index contributed by atoms with van der Waals surface area (Å²) in [7, 11) is 3.74. The molecule has 1 aromatic carbocycles. The third-order valence-electron chi connectivity index (χ3n) is 2.67. The van der Waals surface area contributed by atoms with E-state index in [-0.39, 0.29) is 11.8 Å². The maximum Gasteiger partial charge on any atom is 0.222 e. The molecule has 3 N–H and O–H groups in total. The van der Waals surface area contributed by atoms with Crippen molar-refractivity contribution in [2.75, 3.05) is 26.0 Å². The number of para-hydroxylation sites is 1. The van der Waals surface area contributed by atoms with E-state index < -0.39 is 0 Å². The van der Waals surface area contributed by atoms with E-state index in [0.29, 0.717) is 11.7 Å². The van der Waals surface area contributed by atoms with Gasteiger partial charge in [-0.25, -0.2) is 5.01 Å². The van der Waals surface area contributed by atoms with Crippen LogP contribution in [-0.4, -0.2) is 41.7 Å². The molecule has 0 aliphatic heterocycles. The van der Waals surface area contributed by atoms with Crippen LogP contribution in [0.15, 0.2) is 30.3 Å². The van der Waals surface area contributed by atoms with Crippen LogP contribution in [0.5, 0.6) is 0 Å². The Balaban J connectivity index is 2.71. The molecule has 5 nitrogen and oxygen atoms in total. The van der Waals surface area contributed by atoms with E-state index in [1.165, 1.54) is 0 Å². The Morgan fingerprint density at radius 1 is 1.37 bits per heavy atom. The minimum absolute atomic E-state index is 0.280. The Labute approximate surface area is 119 Å². The Morgan fingerprint density at radius 2 is 1.95 bits per heavy atom. The quantitative estimate of drug-likeness (QED) is 0.628. The molecule has 6 heteroatoms. The van der Waals surface area contributed by atoms with E-state index in [1.54, 1.807) is 11.9 Å². The summed E-state index contributed by atoms with van der Waals surface area (Å²) in [5.74, 6) is -0.618. The third-order valence-corrected chi connectivity index (χ3v) is 2.99. The summed E-state index contributed by atoms with van der Waals surface area (Å²) >= 11 is 5.36. The van der Waals surface area contributed by atoms with Crippen molar-refractivity contribution in [3.8, 4) is 0 Å². The Bertz CT molecular complexity index is 436. The number of anilines is 1. The lowest BCUT2D eigenvalue weighted by molar-refractivity contribution is -0.122. The van der Waals surface area contributed by atoms with Gasteiger partial charge < -0.3 is 11.1 Å². The molecule has 1 atom stereocenters. The van der Waals surface area contributed by atoms with E-state index >= 15 is 0 Å². The number of nitrogens with two attached hydrogens (primary N) is 1. The van der Waals surface area contributed by atoms with Gasteiger partial charge in [-0.2, -0.15) is 0 Å². The zero-order chi connectivity index (χ0) is 14.4. The van der Waals surface area contributed by atoms with Crippen LogP contribution in [0, 0.1) is 5.92 Å². The van der Waals surface area contributed by atoms with Gasteiger partial charge in [-0.05, 0) is 24.4 Å². The van der Waals surface area contributed by atoms with Gasteiger partial charge in [0.25, 0.3) is 0 Å². The largest absolute Gasteiger partial charge is 0.369 e. The number of rotatable bonds is 5. The molecular formula is C13H20N4OS. The minimum atomic E-state index is -0.339. The number of hydrogen-bond acceptors (Lipinski definition) is 3. The first-order valence-electron chi connectivity index (χ1n) is 6.02. The van der Waals surface area contributed by atoms with Gasteiger partial charge in [-0.3, -0.25) is 9.80 Å². The number of thiocarbonyl (C=S) groups is 1. The Kier molecular flexibility index (Phi) is 5.72. The van der Waals surface area contributed by atoms with Crippen molar-refractivity contribution >= 4 is 28.9 Å². The van der Waals surface area contributed by atoms with Crippen LogP contribution in [0.3, 0.4) is 0 Å². The van der Waals surface area contributed by atoms with Gasteiger partial charge in [0.05, 0.1) is 5.92 Å². The van der Waals surface area contributed by atoms with Crippen LogP contribution in [0.1, 0.15) is 6.92 Å². The number of benzene rings is 1. The first kappa shape index (κ1) is 15.4. The van der Waals surface area contributed by atoms with Gasteiger partial charge in [0.2, 0.25) is 5.91 Å². The zero-order valence-electron chi connectivity index (χ0n) is 11.5. The fourth-order valence-corrected chi connectivity index (χ4v) is 1.84. The van der Waals surface area contributed by atoms with Crippen molar-refractivity contribution in [1.29, 1.82) is 0 Å². The van der Waals surface area contributed by atoms with Gasteiger partial charge in [0, 0.05) is 26.3 Å². The second-order valence-corrected chi connectivity index (χ2v) is 4.92. The number of amides is 1. The smallest absolute Gasteiger partial charge is 0.222 e. The van der Waals surface area contributed by atoms with Crippen LogP contribution in [0.4, 0.5) is 5.69 Å². The number of carbonyl (C=O) groups is 1. The molecular weight excluding hydrogens is 260 g/mol. The van der Waals surface area contributed by atoms with Crippen molar-refractivity contribution in [1.82, 2.24) is 10.0 Å². The average Bonchev–Trinajstić information content (AvgIpc) is 2.36. The number of nitrogens with one attached hydrogen (secondary N) is 1. The van der Waals surface area contributed by atoms with Crippen LogP contribution in [0.25, 0.3) is 0 Å². The molecule has 0 aliphatic rings. The van der Waals surface area contributed by atoms with Crippen LogP contribution >= 0.6 is 12.2 Å². The monoisotopic (exact) mass is 280 g/mol. The molecule has 0 spiro atoms. The molecule has 1 unspecified atom stereocenters. The Hall–Kier alpha value is -1.66. The summed E-state index contributed by atoms with van der Waals surface area (Å²) in [6, 6.07) is 9.65. The van der Waals surface area contributed by atoms with Gasteiger partial charge in [-0.1, -0.05) is 25.1 Å². The van der Waals surface area contributed by atoms with E-state index in [9.17, 15) is 4.79 Å². The average molecular weight is 280 g/mol. The molecule has 0 fully saturated rings. The van der Waals surface area contributed by atoms with Crippen LogP contribution < -0.4 is 11.1 Å². The summed E-state index contributed by atoms with van der Waals surface area (Å²) in [4.78, 5) is 11.2. The van der Waals surface area contributed by atoms with Gasteiger partial charge in [-0.15, -0.1) is 0 Å². The zero-order valence-corrected chi connectivity index (χ0v) is 12.3. The summed E-state index contributed by atoms with van der Waals surface area (Å²) in [5.41, 5.74) is 6.20. The molecule has 1 amide bonds. The highest BCUT2D eigenvalue weighted by Gasteiger charge is 2.18. The van der Waals surface area contributed by atoms with Gasteiger partial charge in [0.15, 0.2) is 5.11 Å². The van der Waals surface area contributed by atoms with E-state index in [1.807, 2.05) is 49.4 Å². The lowest BCUT2D eigenvalue weighted by Crippen LogP contribution is -2.48. The standard InChI is InChI=1S/C13H20N4OS/c1-10(12(14)18)9-17(16(2)3)13(19)15-11-7-5-4-6-8-11/h4-8,10H,9H2,1-3H3,(H2,14,18)(H,15,19). The Morgan fingerprint density at radius 3 is 2.42 bits per heavy atom. The maximum absolute atomic E-state index is 11.2. The fraction of sp³-hybridized carbons (Fsp3) is 0.385. The summed E-state index contributed by atoms with van der Waals surface area (Å²) in [6.07, 6.45) is 0. The SMILES string of the molecule is CC(CN(C(=S)Nc1ccccc1)N(C)C)C(N)=O. The number of carbonyl (C=O) groups excluding carboxylic acids is 1. The lowest BCUT2D eigenvalue weighted by atomic mass is 10.2. The van der Waals surface area contributed by atoms with Crippen molar-refractivity contribution in [3.63, 3.8) is 0 Å². The van der Waals surface area contributed by atoms with Crippen molar-refractivity contribution in [3.05, 3.63) is 30.3 Å². The lowest BCUT2D eigenvalue weighted by Gasteiger charge is -2.32. The molecule has 0 saturated carbocycles. The maximum atomic E-state index is 11.2. The number of primary amides is 1. The van der Waals surface area contributed by atoms with E-state index in [0.717, 1.165) is 5.69 Å². The van der Waals surface area contributed by atoms with Gasteiger partial charge >= 0.3 is 0 Å². The van der Waals surface area contributed by atoms with Gasteiger partial charge in [0.1, 0.15) is 0 Å². The molecule has 0 aliphatic carbocycles. The van der Waals surface area contributed by atoms with Crippen molar-refractivity contribution < 1.29 is 4.79 Å². The second-order valence-electron chi connectivity index (χ2n) is 4.53. The van der Waals surface area contributed by atoms with Crippen LogP contribution in [0.2, 0.25) is 0 Å². The van der Waals surface area contributed by atoms with Crippen LogP contribution in [-0.2, 0) is 4.79 Å². The molecule has 0 aromatic heterocycles. The third kappa shape index (κ3) is 4.84. The molecule has 104 valence electrons. The molecule has 1 aromatic rings. The predicted octanol–water partition coefficient (Wildman–Crippen LogP) is 1.28. The van der Waals surface area contributed by atoms with E-state index in [2.05, 4.69) is 5.32 Å². The normalized spacial score (nSPS) is 12.0. The highest BCUT2D eigenvalue weighted by Crippen LogP contribution is 2.09. The molecule has 0 radical (unpaired) electrons. The summed E-state index contributed by atoms with van der Waals surface area (Å²) < 4.78 is 0. The first-order valence-corrected chi connectivity index (χ1v) is 6.42. The molecule has 1 rings (SSSR count). The predicted molar refractivity (Wildman–Crippen MR) is 81.4 cm³/mol. The minimum Gasteiger partial charge on any atom is -0.369 e. The number of hydrogen-bond donors (Lipinski definition) is 2. The number of nitrogens with zero attached hydrogens (tertiary/aromatic N) is 2. The number of hydrazine groups is 1. The first-order chi connectivity index (χ1) is 8.91. The molecule has 19 heavy (non-hydrogen) atoms. The van der Waals surface area contributed by atoms with Crippen molar-refractivity contribution in [2.24, 2.45) is 11.7 Å².